The Morgan fingerprint density at radius 1 is 1.17 bits per heavy atom. The van der Waals surface area contributed by atoms with E-state index >= 15 is 0 Å². The molecule has 23 heavy (non-hydrogen) atoms. The Morgan fingerprint density at radius 2 is 1.83 bits per heavy atom. The minimum absolute atomic E-state index is 0.0258. The number of hydrogen-bond donors (Lipinski definition) is 1. The van der Waals surface area contributed by atoms with Crippen LogP contribution in [0.25, 0.3) is 0 Å². The highest BCUT2D eigenvalue weighted by Crippen LogP contribution is 2.21. The lowest BCUT2D eigenvalue weighted by atomic mass is 10.1. The molecule has 120 valence electrons. The van der Waals surface area contributed by atoms with Crippen molar-refractivity contribution in [2.75, 3.05) is 5.32 Å². The zero-order chi connectivity index (χ0) is 17.3. The van der Waals surface area contributed by atoms with E-state index in [4.69, 9.17) is 0 Å². The van der Waals surface area contributed by atoms with Crippen molar-refractivity contribution in [1.82, 2.24) is 9.13 Å². The van der Waals surface area contributed by atoms with Crippen LogP contribution < -0.4 is 16.6 Å². The van der Waals surface area contributed by atoms with E-state index in [0.717, 1.165) is 21.3 Å². The predicted octanol–water partition coefficient (Wildman–Crippen LogP) is 1.41. The number of halogens is 2. The quantitative estimate of drug-likeness (QED) is 0.927. The Morgan fingerprint density at radius 3 is 2.39 bits per heavy atom. The molecule has 0 saturated carbocycles. The number of hydrogen-bond acceptors (Lipinski definition) is 4. The van der Waals surface area contributed by atoms with E-state index in [0.29, 0.717) is 5.56 Å². The summed E-state index contributed by atoms with van der Waals surface area (Å²) in [5.74, 6) is -1.95. The van der Waals surface area contributed by atoms with Crippen molar-refractivity contribution in [3.8, 4) is 6.07 Å². The fourth-order valence-electron chi connectivity index (χ4n) is 2.18. The highest BCUT2D eigenvalue weighted by Gasteiger charge is 2.18. The van der Waals surface area contributed by atoms with Gasteiger partial charge in [0, 0.05) is 14.1 Å². The molecule has 0 aliphatic carbocycles. The molecule has 0 unspecified atom stereocenters. The normalized spacial score (nSPS) is 11.8. The smallest absolute Gasteiger partial charge is 0.332 e. The van der Waals surface area contributed by atoms with Gasteiger partial charge in [-0.25, -0.2) is 13.6 Å². The second kappa shape index (κ2) is 6.04. The number of anilines is 1. The molecule has 2 rings (SSSR count). The molecule has 1 aromatic heterocycles. The molecule has 0 aliphatic heterocycles. The van der Waals surface area contributed by atoms with Crippen molar-refractivity contribution in [3.63, 3.8) is 0 Å². The molecule has 8 heteroatoms. The summed E-state index contributed by atoms with van der Waals surface area (Å²) in [6.45, 7) is 1.63. The van der Waals surface area contributed by atoms with Gasteiger partial charge in [-0.05, 0) is 24.6 Å². The lowest BCUT2D eigenvalue weighted by Gasteiger charge is -2.19. The average Bonchev–Trinajstić information content (AvgIpc) is 2.53. The van der Waals surface area contributed by atoms with E-state index in [1.807, 2.05) is 0 Å². The Labute approximate surface area is 130 Å². The third kappa shape index (κ3) is 2.85. The maximum atomic E-state index is 13.3. The molecule has 1 aromatic carbocycles. The molecule has 6 nitrogen and oxygen atoms in total. The number of nitriles is 1. The summed E-state index contributed by atoms with van der Waals surface area (Å²) < 4.78 is 28.3. The molecule has 0 fully saturated rings. The molecule has 1 heterocycles. The van der Waals surface area contributed by atoms with Gasteiger partial charge in [0.2, 0.25) is 0 Å². The molecule has 0 amide bonds. The second-order valence-corrected chi connectivity index (χ2v) is 5.08. The number of nitrogens with zero attached hydrogens (tertiary/aromatic N) is 3. The highest BCUT2D eigenvalue weighted by atomic mass is 19.2. The molecular formula is C15H14F2N4O2. The van der Waals surface area contributed by atoms with Crippen LogP contribution in [0, 0.1) is 23.0 Å². The fraction of sp³-hybridized carbons (Fsp3) is 0.267. The van der Waals surface area contributed by atoms with E-state index < -0.39 is 28.9 Å². The summed E-state index contributed by atoms with van der Waals surface area (Å²) in [6, 6.07) is 4.57. The molecular weight excluding hydrogens is 306 g/mol. The van der Waals surface area contributed by atoms with E-state index in [1.165, 1.54) is 20.2 Å². The molecule has 0 bridgehead atoms. The summed E-state index contributed by atoms with van der Waals surface area (Å²) in [7, 11) is 2.68. The average molecular weight is 320 g/mol. The van der Waals surface area contributed by atoms with Crippen molar-refractivity contribution < 1.29 is 8.78 Å². The number of aromatic nitrogens is 2. The molecule has 0 saturated heterocycles. The largest absolute Gasteiger partial charge is 0.364 e. The predicted molar refractivity (Wildman–Crippen MR) is 80.0 cm³/mol. The van der Waals surface area contributed by atoms with Crippen LogP contribution in [-0.2, 0) is 14.1 Å². The minimum Gasteiger partial charge on any atom is -0.364 e. The van der Waals surface area contributed by atoms with Gasteiger partial charge >= 0.3 is 5.69 Å². The Balaban J connectivity index is 2.52. The first-order chi connectivity index (χ1) is 10.8. The Kier molecular flexibility index (Phi) is 4.31. The van der Waals surface area contributed by atoms with Crippen molar-refractivity contribution >= 4 is 5.82 Å². The van der Waals surface area contributed by atoms with Gasteiger partial charge in [-0.1, -0.05) is 6.07 Å². The minimum atomic E-state index is -1.01. The highest BCUT2D eigenvalue weighted by molar-refractivity contribution is 5.52. The van der Waals surface area contributed by atoms with Gasteiger partial charge in [-0.15, -0.1) is 0 Å². The molecule has 2 aromatic rings. The van der Waals surface area contributed by atoms with Crippen LogP contribution in [0.15, 0.2) is 27.8 Å². The second-order valence-electron chi connectivity index (χ2n) is 5.08. The maximum Gasteiger partial charge on any atom is 0.332 e. The lowest BCUT2D eigenvalue weighted by Crippen LogP contribution is -2.40. The van der Waals surface area contributed by atoms with Gasteiger partial charge in [-0.2, -0.15) is 5.26 Å². The Bertz CT molecular complexity index is 925. The van der Waals surface area contributed by atoms with Crippen molar-refractivity contribution in [3.05, 3.63) is 61.8 Å². The first-order valence-electron chi connectivity index (χ1n) is 6.69. The van der Waals surface area contributed by atoms with Crippen LogP contribution in [0.5, 0.6) is 0 Å². The van der Waals surface area contributed by atoms with Gasteiger partial charge in [0.15, 0.2) is 17.2 Å². The van der Waals surface area contributed by atoms with Crippen LogP contribution >= 0.6 is 0 Å². The molecule has 0 spiro atoms. The van der Waals surface area contributed by atoms with Crippen molar-refractivity contribution in [1.29, 1.82) is 5.26 Å². The topological polar surface area (TPSA) is 79.8 Å². The van der Waals surface area contributed by atoms with E-state index in [9.17, 15) is 23.6 Å². The van der Waals surface area contributed by atoms with Crippen LogP contribution in [-0.4, -0.2) is 9.13 Å². The number of rotatable bonds is 3. The van der Waals surface area contributed by atoms with Gasteiger partial charge in [0.05, 0.1) is 6.04 Å². The summed E-state index contributed by atoms with van der Waals surface area (Å²) in [6.07, 6.45) is 0. The van der Waals surface area contributed by atoms with Crippen LogP contribution in [0.1, 0.15) is 24.1 Å². The summed E-state index contributed by atoms with van der Waals surface area (Å²) in [5.41, 5.74) is -1.16. The lowest BCUT2D eigenvalue weighted by molar-refractivity contribution is 0.506. The molecule has 1 atom stereocenters. The SMILES string of the molecule is C[C@@H](Nc1c(C#N)c(=O)n(C)c(=O)n1C)c1ccc(F)c(F)c1. The molecule has 1 N–H and O–H groups in total. The molecule has 0 radical (unpaired) electrons. The van der Waals surface area contributed by atoms with Crippen LogP contribution in [0.4, 0.5) is 14.6 Å². The zero-order valence-electron chi connectivity index (χ0n) is 12.7. The summed E-state index contributed by atoms with van der Waals surface area (Å²) in [4.78, 5) is 24.0. The van der Waals surface area contributed by atoms with Crippen molar-refractivity contribution in [2.45, 2.75) is 13.0 Å². The van der Waals surface area contributed by atoms with Crippen molar-refractivity contribution in [2.24, 2.45) is 14.1 Å². The van der Waals surface area contributed by atoms with Gasteiger partial charge in [0.25, 0.3) is 5.56 Å². The summed E-state index contributed by atoms with van der Waals surface area (Å²) >= 11 is 0. The van der Waals surface area contributed by atoms with E-state index in [-0.39, 0.29) is 11.4 Å². The van der Waals surface area contributed by atoms with E-state index in [1.54, 1.807) is 13.0 Å². The monoisotopic (exact) mass is 320 g/mol. The standard InChI is InChI=1S/C15H14F2N4O2/c1-8(9-4-5-11(16)12(17)6-9)19-13-10(7-18)14(22)21(3)15(23)20(13)2/h4-6,8,19H,1-3H3/t8-/m1/s1. The first kappa shape index (κ1) is 16.4. The third-order valence-corrected chi connectivity index (χ3v) is 3.57. The van der Waals surface area contributed by atoms with E-state index in [2.05, 4.69) is 5.32 Å². The van der Waals surface area contributed by atoms with Gasteiger partial charge in [-0.3, -0.25) is 13.9 Å². The number of benzene rings is 1. The van der Waals surface area contributed by atoms with Gasteiger partial charge < -0.3 is 5.32 Å². The Hall–Kier alpha value is -2.95. The molecule has 0 aliphatic rings. The van der Waals surface area contributed by atoms with Crippen LogP contribution in [0.3, 0.4) is 0 Å². The third-order valence-electron chi connectivity index (χ3n) is 3.57. The van der Waals surface area contributed by atoms with Gasteiger partial charge in [0.1, 0.15) is 11.9 Å². The fourth-order valence-corrected chi connectivity index (χ4v) is 2.18. The maximum absolute atomic E-state index is 13.3. The van der Waals surface area contributed by atoms with Crippen LogP contribution in [0.2, 0.25) is 0 Å². The number of nitrogens with one attached hydrogen (secondary N) is 1. The zero-order valence-corrected chi connectivity index (χ0v) is 12.7. The first-order valence-corrected chi connectivity index (χ1v) is 6.69. The summed E-state index contributed by atoms with van der Waals surface area (Å²) in [5, 5.41) is 12.0.